The molecule has 1 unspecified atom stereocenters. The Bertz CT molecular complexity index is 3090. The summed E-state index contributed by atoms with van der Waals surface area (Å²) in [5, 5.41) is 102. The second kappa shape index (κ2) is 30.7. The van der Waals surface area contributed by atoms with Crippen LogP contribution in [0.2, 0.25) is 0 Å². The molecule has 14 N–H and O–H groups in total. The van der Waals surface area contributed by atoms with E-state index >= 15 is 0 Å². The van der Waals surface area contributed by atoms with E-state index in [1.807, 2.05) is 48.5 Å². The molecule has 29 heteroatoms. The number of nitrogens with zero attached hydrogens (tertiary/aromatic N) is 2. The first-order valence-electron chi connectivity index (χ1n) is 28.0. The third-order valence-electron chi connectivity index (χ3n) is 15.2. The maximum Gasteiger partial charge on any atom is 1.00 e. The van der Waals surface area contributed by atoms with Crippen LogP contribution < -0.4 is 70.3 Å². The van der Waals surface area contributed by atoms with Gasteiger partial charge in [-0.25, -0.2) is 0 Å². The van der Waals surface area contributed by atoms with Gasteiger partial charge < -0.3 is 96.3 Å². The van der Waals surface area contributed by atoms with Crippen LogP contribution in [-0.4, -0.2) is 196 Å². The van der Waals surface area contributed by atoms with Crippen LogP contribution in [0.5, 0.6) is 11.5 Å². The largest absolute Gasteiger partial charge is 1.00 e. The number of ether oxygens (including phenoxy) is 1. The molecule has 4 aromatic carbocycles. The number of aliphatic hydroxyl groups excluding tert-OH is 8. The number of hydrogen-bond donors (Lipinski definition) is 14. The van der Waals surface area contributed by atoms with Crippen molar-refractivity contribution in [1.29, 1.82) is 0 Å². The van der Waals surface area contributed by atoms with E-state index in [1.54, 1.807) is 12.1 Å². The van der Waals surface area contributed by atoms with E-state index < -0.39 is 172 Å². The van der Waals surface area contributed by atoms with Gasteiger partial charge in [-0.15, -0.1) is 0 Å². The Labute approximate surface area is 523 Å². The summed E-state index contributed by atoms with van der Waals surface area (Å²) in [6.07, 6.45) is -14.3. The molecule has 0 aliphatic carbocycles. The van der Waals surface area contributed by atoms with Crippen molar-refractivity contribution in [2.45, 2.75) is 145 Å². The molecule has 0 spiro atoms. The average Bonchev–Trinajstić information content (AvgIpc) is 2.40. The van der Waals surface area contributed by atoms with Crippen molar-refractivity contribution in [3.8, 4) is 33.8 Å². The molecule has 3 fully saturated rings. The topological polar surface area (TPSA) is 427 Å². The van der Waals surface area contributed by atoms with Gasteiger partial charge in [0.1, 0.15) is 66.1 Å². The van der Waals surface area contributed by atoms with Crippen LogP contribution in [0.25, 0.3) is 22.3 Å². The van der Waals surface area contributed by atoms with Gasteiger partial charge >= 0.3 is 37.4 Å². The van der Waals surface area contributed by atoms with Crippen LogP contribution >= 0.6 is 7.82 Å². The summed E-state index contributed by atoms with van der Waals surface area (Å²) in [4.78, 5) is 122. The monoisotopic (exact) mass is 1240 g/mol. The normalized spacial score (nSPS) is 27.2. The number of fused-ring (bicyclic) bond motifs is 2. The van der Waals surface area contributed by atoms with Gasteiger partial charge in [0.2, 0.25) is 35.4 Å². The van der Waals surface area contributed by atoms with Crippen LogP contribution in [0.3, 0.4) is 0 Å². The molecule has 0 saturated carbocycles. The maximum atomic E-state index is 14.5. The number of hydrogen-bond acceptors (Lipinski definition) is 19. The molecule has 3 aliphatic heterocycles. The van der Waals surface area contributed by atoms with Crippen LogP contribution in [0.4, 0.5) is 0 Å². The molecule has 0 bridgehead atoms. The van der Waals surface area contributed by atoms with Crippen molar-refractivity contribution >= 4 is 49.2 Å². The molecule has 16 atom stereocenters. The number of aliphatic hydroxyl groups is 8. The molecule has 27 nitrogen and oxygen atoms in total. The Morgan fingerprint density at radius 2 is 1.17 bits per heavy atom. The van der Waals surface area contributed by atoms with Crippen molar-refractivity contribution in [2.24, 2.45) is 5.92 Å². The van der Waals surface area contributed by atoms with E-state index in [9.17, 15) is 83.9 Å². The molecular weight excluding hydrogens is 1170 g/mol. The standard InChI is InChI=1S/C58H74N7O20P.Na/c1-5-6-7-24-84-39-20-16-35(17-21-39)33-10-8-32(9-11-33)34-12-14-37(15-13-34)51(73)59-41-26-43(69)54(76)63-56(78)47-48(70)29(2)27-65(47)58(80)45(31(4)67)61-55(77)46(50(72)49(71)36-18-22-40(23-19-36)85-86(81,82)83)62-53(75)42-25-38(68)28-64(42)57(79)44(30(3)66)60-52(41)74;/h8-23,29-31,38,41-50,54,66-72,76H,5-7,24-28H2,1-4H3,(H,59,73)(H,60,74)(H,61,77)(H,62,75)(H,63,78)(H2,81,82,83);/q;+1/p-1/t29-,30-,31-,38-,41-,42+,43-,44+,45+,46+,47+,48+,49+,50+,54-;/m1./s1. The van der Waals surface area contributed by atoms with Gasteiger partial charge in [0.25, 0.3) is 5.91 Å². The van der Waals surface area contributed by atoms with E-state index in [4.69, 9.17) is 9.63 Å². The zero-order chi connectivity index (χ0) is 62.9. The Morgan fingerprint density at radius 1 is 0.667 bits per heavy atom. The van der Waals surface area contributed by atoms with Crippen LogP contribution in [-0.2, 0) is 33.3 Å². The van der Waals surface area contributed by atoms with Gasteiger partial charge in [-0.1, -0.05) is 87.4 Å². The first-order valence-corrected chi connectivity index (χ1v) is 29.5. The smallest absolute Gasteiger partial charge is 0.746 e. The predicted octanol–water partition coefficient (Wildman–Crippen LogP) is -4.79. The number of unbranched alkanes of at least 4 members (excludes halogenated alkanes) is 2. The summed E-state index contributed by atoms with van der Waals surface area (Å²) in [5.74, 6) is -9.30. The average molecular weight is 1240 g/mol. The maximum absolute atomic E-state index is 14.5. The van der Waals surface area contributed by atoms with Gasteiger partial charge in [-0.2, -0.15) is 0 Å². The molecule has 3 aliphatic rings. The minimum atomic E-state index is -5.31. The molecule has 4 aromatic rings. The summed E-state index contributed by atoms with van der Waals surface area (Å²) in [6, 6.07) is 13.4. The molecule has 0 aromatic heterocycles. The number of carbonyl (C=O) groups is 7. The van der Waals surface area contributed by atoms with E-state index in [0.29, 0.717) is 12.2 Å². The zero-order valence-corrected chi connectivity index (χ0v) is 51.3. The number of phosphoric ester groups is 1. The van der Waals surface area contributed by atoms with Crippen molar-refractivity contribution in [3.63, 3.8) is 0 Å². The predicted molar refractivity (Wildman–Crippen MR) is 302 cm³/mol. The van der Waals surface area contributed by atoms with Gasteiger partial charge in [-0.05, 0) is 84.5 Å². The number of rotatable bonds is 16. The van der Waals surface area contributed by atoms with Crippen LogP contribution in [0, 0.1) is 5.92 Å². The third-order valence-corrected chi connectivity index (χ3v) is 15.7. The van der Waals surface area contributed by atoms with E-state index in [0.717, 1.165) is 89.6 Å². The van der Waals surface area contributed by atoms with E-state index in [1.165, 1.54) is 19.1 Å². The second-order valence-electron chi connectivity index (χ2n) is 21.8. The molecule has 3 heterocycles. The number of benzene rings is 4. The molecule has 7 rings (SSSR count). The number of nitrogens with one attached hydrogen (secondary N) is 5. The van der Waals surface area contributed by atoms with Crippen LogP contribution in [0.1, 0.15) is 81.8 Å². The molecular formula is C58H73N7NaO20P. The Morgan fingerprint density at radius 3 is 1.71 bits per heavy atom. The Kier molecular flexibility index (Phi) is 24.6. The van der Waals surface area contributed by atoms with E-state index in [2.05, 4.69) is 38.0 Å². The summed E-state index contributed by atoms with van der Waals surface area (Å²) in [6.45, 7) is 5.26. The minimum absolute atomic E-state index is 0. The van der Waals surface area contributed by atoms with Gasteiger partial charge in [0, 0.05) is 37.4 Å². The number of amides is 7. The van der Waals surface area contributed by atoms with E-state index in [-0.39, 0.29) is 40.7 Å². The fraction of sp³-hybridized carbons (Fsp3) is 0.466. The fourth-order valence-electron chi connectivity index (χ4n) is 10.4. The van der Waals surface area contributed by atoms with Gasteiger partial charge in [0.15, 0.2) is 6.23 Å². The molecule has 3 saturated heterocycles. The first kappa shape index (κ1) is 69.7. The molecule has 7 amide bonds. The first-order chi connectivity index (χ1) is 40.6. The molecule has 466 valence electrons. The Hall–Kier alpha value is -6.40. The summed E-state index contributed by atoms with van der Waals surface area (Å²) >= 11 is 0. The minimum Gasteiger partial charge on any atom is -0.746 e. The number of phosphoric acid groups is 1. The van der Waals surface area contributed by atoms with Gasteiger partial charge in [0.05, 0.1) is 31.0 Å². The molecule has 87 heavy (non-hydrogen) atoms. The summed E-state index contributed by atoms with van der Waals surface area (Å²) in [7, 11) is -5.31. The zero-order valence-electron chi connectivity index (χ0n) is 48.4. The Balaban J connectivity index is 0.0000121. The summed E-state index contributed by atoms with van der Waals surface area (Å²) in [5.41, 5.74) is 3.11. The summed E-state index contributed by atoms with van der Waals surface area (Å²) < 4.78 is 21.6. The van der Waals surface area contributed by atoms with Crippen LogP contribution in [0.15, 0.2) is 97.1 Å². The van der Waals surface area contributed by atoms with Crippen molar-refractivity contribution in [2.75, 3.05) is 19.7 Å². The second-order valence-corrected chi connectivity index (χ2v) is 22.9. The van der Waals surface area contributed by atoms with Gasteiger partial charge in [-0.3, -0.25) is 38.1 Å². The number of carbonyl (C=O) groups excluding carboxylic acids is 7. The van der Waals surface area contributed by atoms with Crippen molar-refractivity contribution in [3.05, 3.63) is 108 Å². The quantitative estimate of drug-likeness (QED) is 0.0284. The molecule has 0 radical (unpaired) electrons. The SMILES string of the molecule is CCCCCOc1ccc(-c2ccc(-c3ccc(C(=O)N[C@@H]4C[C@@H](O)[C@@H](O)NC(=O)[C@@H]5[C@@H](O)[C@H](C)CN5C(=O)[C@H]([C@@H](C)O)NC(=O)[C@H]([C@H](O)[C@@H](O)c5ccc(OP(=O)([O-])O)cc5)NC(=O)[C@@H]5C[C@@H](O)CN5C(=O)[C@H]([C@@H](C)O)NC4=O)cc3)cc2)cc1.[Na+]. The third kappa shape index (κ3) is 17.7. The van der Waals surface area contributed by atoms with Crippen molar-refractivity contribution in [1.82, 2.24) is 36.4 Å². The fourth-order valence-corrected chi connectivity index (χ4v) is 10.8. The van der Waals surface area contributed by atoms with Crippen molar-refractivity contribution < 1.29 is 128 Å².